The number of carbonyl (C=O) groups is 2. The highest BCUT2D eigenvalue weighted by Crippen LogP contribution is 2.33. The molecule has 1 aliphatic rings. The van der Waals surface area contributed by atoms with Crippen molar-refractivity contribution in [1.29, 1.82) is 0 Å². The molecule has 0 bridgehead atoms. The van der Waals surface area contributed by atoms with Crippen LogP contribution in [0.5, 0.6) is 11.5 Å². The number of hydrogen-bond donors (Lipinski definition) is 1. The van der Waals surface area contributed by atoms with Gasteiger partial charge in [0, 0.05) is 5.56 Å². The molecule has 2 aromatic rings. The number of ether oxygens (including phenoxy) is 2. The van der Waals surface area contributed by atoms with E-state index in [1.807, 2.05) is 0 Å². The zero-order valence-electron chi connectivity index (χ0n) is 14.5. The van der Waals surface area contributed by atoms with Crippen molar-refractivity contribution in [2.45, 2.75) is 0 Å². The molecule has 0 radical (unpaired) electrons. The monoisotopic (exact) mass is 386 g/mol. The van der Waals surface area contributed by atoms with E-state index < -0.39 is 17.6 Å². The van der Waals surface area contributed by atoms with Crippen molar-refractivity contribution in [2.24, 2.45) is 0 Å². The van der Waals surface area contributed by atoms with E-state index in [2.05, 4.69) is 5.32 Å². The minimum Gasteiger partial charge on any atom is -0.493 e. The van der Waals surface area contributed by atoms with E-state index in [0.717, 1.165) is 4.90 Å². The summed E-state index contributed by atoms with van der Waals surface area (Å²) in [5.74, 6) is -1.25. The number of benzene rings is 2. The molecule has 1 heterocycles. The summed E-state index contributed by atoms with van der Waals surface area (Å²) in [5.41, 5.74) is 0.200. The van der Waals surface area contributed by atoms with Crippen LogP contribution in [0.1, 0.15) is 5.56 Å². The molecule has 1 fully saturated rings. The molecule has 0 aromatic heterocycles. The van der Waals surface area contributed by atoms with Crippen LogP contribution in [0, 0.1) is 5.82 Å². The van der Waals surface area contributed by atoms with Gasteiger partial charge in [-0.1, -0.05) is 24.3 Å². The fourth-order valence-electron chi connectivity index (χ4n) is 2.69. The van der Waals surface area contributed by atoms with E-state index in [1.165, 1.54) is 38.5 Å². The zero-order valence-corrected chi connectivity index (χ0v) is 15.3. The number of para-hydroxylation sites is 2. The second-order valence-corrected chi connectivity index (χ2v) is 5.88. The Labute approximate surface area is 160 Å². The number of thiocarbonyl (C=S) groups is 1. The van der Waals surface area contributed by atoms with Gasteiger partial charge in [-0.05, 0) is 36.5 Å². The molecule has 0 atom stereocenters. The van der Waals surface area contributed by atoms with Gasteiger partial charge in [0.05, 0.1) is 19.9 Å². The van der Waals surface area contributed by atoms with Gasteiger partial charge in [-0.2, -0.15) is 0 Å². The molecule has 0 spiro atoms. The third-order valence-electron chi connectivity index (χ3n) is 3.93. The van der Waals surface area contributed by atoms with Crippen molar-refractivity contribution < 1.29 is 23.5 Å². The number of amides is 2. The second-order valence-electron chi connectivity index (χ2n) is 5.49. The standard InChI is InChI=1S/C19H15FN2O4S/c1-25-15-9-5-6-11(16(15)26-2)10-12-17(23)21-19(27)22(18(12)24)14-8-4-3-7-13(14)20/h3-10H,1-2H3,(H,21,23,27)/b12-10+. The molecule has 0 saturated carbocycles. The topological polar surface area (TPSA) is 67.9 Å². The molecule has 0 aliphatic carbocycles. The first-order valence-corrected chi connectivity index (χ1v) is 8.25. The molecular weight excluding hydrogens is 371 g/mol. The first kappa shape index (κ1) is 18.5. The highest BCUT2D eigenvalue weighted by atomic mass is 32.1. The van der Waals surface area contributed by atoms with E-state index >= 15 is 0 Å². The number of anilines is 1. The lowest BCUT2D eigenvalue weighted by Gasteiger charge is -2.29. The Morgan fingerprint density at radius 2 is 1.81 bits per heavy atom. The van der Waals surface area contributed by atoms with Crippen LogP contribution in [-0.2, 0) is 9.59 Å². The predicted molar refractivity (Wildman–Crippen MR) is 102 cm³/mol. The van der Waals surface area contributed by atoms with Gasteiger partial charge in [-0.3, -0.25) is 14.9 Å². The maximum Gasteiger partial charge on any atom is 0.270 e. The van der Waals surface area contributed by atoms with Gasteiger partial charge in [-0.15, -0.1) is 0 Å². The molecule has 138 valence electrons. The fraction of sp³-hybridized carbons (Fsp3) is 0.105. The normalized spacial score (nSPS) is 15.7. The number of halogens is 1. The Kier molecular flexibility index (Phi) is 5.18. The minimum atomic E-state index is -0.737. The third kappa shape index (κ3) is 3.39. The van der Waals surface area contributed by atoms with Crippen LogP contribution in [0.25, 0.3) is 6.08 Å². The Morgan fingerprint density at radius 1 is 1.07 bits per heavy atom. The van der Waals surface area contributed by atoms with E-state index in [1.54, 1.807) is 24.3 Å². The first-order chi connectivity index (χ1) is 13.0. The lowest BCUT2D eigenvalue weighted by molar-refractivity contribution is -0.122. The molecule has 2 amide bonds. The van der Waals surface area contributed by atoms with Gasteiger partial charge in [0.25, 0.3) is 11.8 Å². The molecular formula is C19H15FN2O4S. The molecule has 3 rings (SSSR count). The molecule has 0 unspecified atom stereocenters. The van der Waals surface area contributed by atoms with Crippen LogP contribution in [0.3, 0.4) is 0 Å². The Balaban J connectivity index is 2.09. The van der Waals surface area contributed by atoms with Crippen LogP contribution in [0.4, 0.5) is 10.1 Å². The Bertz CT molecular complexity index is 974. The minimum absolute atomic E-state index is 0.0454. The SMILES string of the molecule is COc1cccc(/C=C2\C(=O)NC(=S)N(c3ccccc3F)C2=O)c1OC. The Hall–Kier alpha value is -3.26. The number of methoxy groups -OCH3 is 2. The molecule has 1 N–H and O–H groups in total. The van der Waals surface area contributed by atoms with Gasteiger partial charge in [0.2, 0.25) is 0 Å². The van der Waals surface area contributed by atoms with Crippen LogP contribution < -0.4 is 19.7 Å². The summed E-state index contributed by atoms with van der Waals surface area (Å²) in [4.78, 5) is 26.2. The summed E-state index contributed by atoms with van der Waals surface area (Å²) in [6.45, 7) is 0. The molecule has 6 nitrogen and oxygen atoms in total. The highest BCUT2D eigenvalue weighted by molar-refractivity contribution is 7.80. The van der Waals surface area contributed by atoms with E-state index in [0.29, 0.717) is 17.1 Å². The lowest BCUT2D eigenvalue weighted by atomic mass is 10.1. The average molecular weight is 386 g/mol. The van der Waals surface area contributed by atoms with Crippen molar-refractivity contribution in [3.8, 4) is 11.5 Å². The van der Waals surface area contributed by atoms with Crippen LogP contribution in [0.15, 0.2) is 48.0 Å². The number of hydrogen-bond acceptors (Lipinski definition) is 5. The molecule has 1 aliphatic heterocycles. The van der Waals surface area contributed by atoms with Crippen molar-refractivity contribution >= 4 is 40.9 Å². The second kappa shape index (κ2) is 7.55. The zero-order chi connectivity index (χ0) is 19.6. The molecule has 1 saturated heterocycles. The number of rotatable bonds is 4. The van der Waals surface area contributed by atoms with Crippen LogP contribution >= 0.6 is 12.2 Å². The summed E-state index contributed by atoms with van der Waals surface area (Å²) in [5, 5.41) is 2.22. The molecule has 27 heavy (non-hydrogen) atoms. The summed E-state index contributed by atoms with van der Waals surface area (Å²) < 4.78 is 24.7. The van der Waals surface area contributed by atoms with E-state index in [4.69, 9.17) is 21.7 Å². The number of carbonyl (C=O) groups excluding carboxylic acids is 2. The molecule has 2 aromatic carbocycles. The van der Waals surface area contributed by atoms with Gasteiger partial charge < -0.3 is 9.47 Å². The largest absolute Gasteiger partial charge is 0.493 e. The summed E-state index contributed by atoms with van der Waals surface area (Å²) in [6, 6.07) is 10.7. The van der Waals surface area contributed by atoms with Crippen molar-refractivity contribution in [3.63, 3.8) is 0 Å². The average Bonchev–Trinajstić information content (AvgIpc) is 2.66. The first-order valence-electron chi connectivity index (χ1n) is 7.85. The quantitative estimate of drug-likeness (QED) is 0.497. The highest BCUT2D eigenvalue weighted by Gasteiger charge is 2.35. The van der Waals surface area contributed by atoms with Gasteiger partial charge in [0.15, 0.2) is 16.6 Å². The van der Waals surface area contributed by atoms with Crippen molar-refractivity contribution in [3.05, 3.63) is 59.4 Å². The maximum absolute atomic E-state index is 14.2. The lowest BCUT2D eigenvalue weighted by Crippen LogP contribution is -2.54. The number of nitrogens with one attached hydrogen (secondary N) is 1. The maximum atomic E-state index is 14.2. The summed E-state index contributed by atoms with van der Waals surface area (Å²) >= 11 is 5.06. The summed E-state index contributed by atoms with van der Waals surface area (Å²) in [7, 11) is 2.93. The van der Waals surface area contributed by atoms with Gasteiger partial charge >= 0.3 is 0 Å². The fourth-order valence-corrected chi connectivity index (χ4v) is 2.96. The van der Waals surface area contributed by atoms with Gasteiger partial charge in [-0.25, -0.2) is 9.29 Å². The summed E-state index contributed by atoms with van der Waals surface area (Å²) in [6.07, 6.45) is 1.36. The predicted octanol–water partition coefficient (Wildman–Crippen LogP) is 2.67. The van der Waals surface area contributed by atoms with E-state index in [9.17, 15) is 14.0 Å². The molecule has 8 heteroatoms. The smallest absolute Gasteiger partial charge is 0.270 e. The van der Waals surface area contributed by atoms with Crippen LogP contribution in [0.2, 0.25) is 0 Å². The Morgan fingerprint density at radius 3 is 2.48 bits per heavy atom. The van der Waals surface area contributed by atoms with Gasteiger partial charge in [0.1, 0.15) is 11.4 Å². The van der Waals surface area contributed by atoms with Crippen LogP contribution in [-0.4, -0.2) is 31.1 Å². The van der Waals surface area contributed by atoms with Crippen molar-refractivity contribution in [1.82, 2.24) is 5.32 Å². The van der Waals surface area contributed by atoms with E-state index in [-0.39, 0.29) is 16.4 Å². The van der Waals surface area contributed by atoms with Crippen molar-refractivity contribution in [2.75, 3.05) is 19.1 Å². The third-order valence-corrected chi connectivity index (χ3v) is 4.21. The number of nitrogens with zero attached hydrogens (tertiary/aromatic N) is 1.